The summed E-state index contributed by atoms with van der Waals surface area (Å²) in [6.07, 6.45) is 0. The van der Waals surface area contributed by atoms with Crippen molar-refractivity contribution in [2.24, 2.45) is 0 Å². The van der Waals surface area contributed by atoms with Crippen LogP contribution in [0.5, 0.6) is 0 Å². The summed E-state index contributed by atoms with van der Waals surface area (Å²) in [6, 6.07) is 15.0. The van der Waals surface area contributed by atoms with Gasteiger partial charge in [-0.1, -0.05) is 42.5 Å². The average molecular weight is 379 g/mol. The highest BCUT2D eigenvalue weighted by atomic mass is 32.2. The molecule has 3 rings (SSSR count). The van der Waals surface area contributed by atoms with Crippen LogP contribution in [0.3, 0.4) is 0 Å². The van der Waals surface area contributed by atoms with E-state index in [9.17, 15) is 17.2 Å². The van der Waals surface area contributed by atoms with E-state index in [0.717, 1.165) is 15.6 Å². The monoisotopic (exact) mass is 379 g/mol. The lowest BCUT2D eigenvalue weighted by atomic mass is 10.2. The lowest BCUT2D eigenvalue weighted by Gasteiger charge is -2.22. The van der Waals surface area contributed by atoms with Crippen molar-refractivity contribution in [3.05, 3.63) is 88.8 Å². The number of halogens is 2. The number of thiophene rings is 1. The molecule has 0 fully saturated rings. The van der Waals surface area contributed by atoms with Gasteiger partial charge in [0.1, 0.15) is 15.8 Å². The summed E-state index contributed by atoms with van der Waals surface area (Å²) < 4.78 is 55.1. The van der Waals surface area contributed by atoms with Crippen molar-refractivity contribution in [3.8, 4) is 0 Å². The number of hydrogen-bond donors (Lipinski definition) is 0. The Labute approximate surface area is 149 Å². The third kappa shape index (κ3) is 3.95. The molecule has 1 aromatic heterocycles. The highest BCUT2D eigenvalue weighted by Crippen LogP contribution is 2.25. The summed E-state index contributed by atoms with van der Waals surface area (Å²) in [5.41, 5.74) is 0.470. The zero-order valence-corrected chi connectivity index (χ0v) is 14.7. The Kier molecular flexibility index (Phi) is 5.27. The van der Waals surface area contributed by atoms with E-state index in [2.05, 4.69) is 0 Å². The predicted octanol–water partition coefficient (Wildman–Crippen LogP) is 4.42. The third-order valence-electron chi connectivity index (χ3n) is 3.70. The summed E-state index contributed by atoms with van der Waals surface area (Å²) in [7, 11) is -3.87. The Morgan fingerprint density at radius 2 is 1.32 bits per heavy atom. The van der Waals surface area contributed by atoms with Crippen LogP contribution in [-0.4, -0.2) is 12.7 Å². The molecule has 0 aliphatic rings. The number of nitrogens with zero attached hydrogens (tertiary/aromatic N) is 1. The van der Waals surface area contributed by atoms with Crippen LogP contribution in [0.1, 0.15) is 11.1 Å². The Hall–Kier alpha value is -2.09. The van der Waals surface area contributed by atoms with Crippen molar-refractivity contribution in [3.63, 3.8) is 0 Å². The van der Waals surface area contributed by atoms with Crippen molar-refractivity contribution >= 4 is 21.4 Å². The average Bonchev–Trinajstić information content (AvgIpc) is 3.13. The van der Waals surface area contributed by atoms with Gasteiger partial charge in [-0.25, -0.2) is 17.2 Å². The first-order valence-electron chi connectivity index (χ1n) is 7.49. The van der Waals surface area contributed by atoms with Gasteiger partial charge >= 0.3 is 0 Å². The van der Waals surface area contributed by atoms with Crippen LogP contribution in [0.25, 0.3) is 0 Å². The van der Waals surface area contributed by atoms with Crippen molar-refractivity contribution in [1.82, 2.24) is 4.31 Å². The van der Waals surface area contributed by atoms with Gasteiger partial charge in [0.05, 0.1) is 0 Å². The van der Waals surface area contributed by atoms with E-state index in [-0.39, 0.29) is 28.4 Å². The fourth-order valence-corrected chi connectivity index (χ4v) is 4.94. The Balaban J connectivity index is 1.99. The second kappa shape index (κ2) is 7.43. The molecule has 0 aliphatic heterocycles. The molecule has 0 amide bonds. The van der Waals surface area contributed by atoms with Crippen molar-refractivity contribution in [1.29, 1.82) is 0 Å². The second-order valence-electron chi connectivity index (χ2n) is 5.39. The van der Waals surface area contributed by atoms with Gasteiger partial charge in [0.2, 0.25) is 0 Å². The topological polar surface area (TPSA) is 37.4 Å². The largest absolute Gasteiger partial charge is 0.253 e. The van der Waals surface area contributed by atoms with Gasteiger partial charge in [0.25, 0.3) is 10.0 Å². The highest BCUT2D eigenvalue weighted by molar-refractivity contribution is 7.91. The van der Waals surface area contributed by atoms with E-state index < -0.39 is 21.7 Å². The van der Waals surface area contributed by atoms with Crippen molar-refractivity contribution < 1.29 is 17.2 Å². The molecule has 0 aliphatic carbocycles. The molecule has 0 saturated heterocycles. The molecule has 0 unspecified atom stereocenters. The van der Waals surface area contributed by atoms with E-state index in [4.69, 9.17) is 0 Å². The number of benzene rings is 2. The zero-order chi connectivity index (χ0) is 17.9. The first-order valence-corrected chi connectivity index (χ1v) is 9.81. The van der Waals surface area contributed by atoms with E-state index in [1.165, 1.54) is 42.5 Å². The predicted molar refractivity (Wildman–Crippen MR) is 93.6 cm³/mol. The second-order valence-corrected chi connectivity index (χ2v) is 8.50. The number of sulfonamides is 1. The molecule has 0 saturated carbocycles. The van der Waals surface area contributed by atoms with Gasteiger partial charge in [-0.2, -0.15) is 4.31 Å². The van der Waals surface area contributed by atoms with Gasteiger partial charge in [0, 0.05) is 24.2 Å². The van der Waals surface area contributed by atoms with Crippen LogP contribution in [0, 0.1) is 11.6 Å². The molecule has 2 aromatic carbocycles. The first-order chi connectivity index (χ1) is 12.0. The molecule has 1 heterocycles. The molecular formula is C18H15F2NO2S2. The minimum atomic E-state index is -3.87. The maximum atomic E-state index is 14.0. The molecule has 0 atom stereocenters. The lowest BCUT2D eigenvalue weighted by molar-refractivity contribution is 0.388. The van der Waals surface area contributed by atoms with E-state index in [0.29, 0.717) is 0 Å². The molecule has 7 heteroatoms. The maximum absolute atomic E-state index is 14.0. The van der Waals surface area contributed by atoms with Crippen LogP contribution < -0.4 is 0 Å². The molecular weight excluding hydrogens is 364 g/mol. The van der Waals surface area contributed by atoms with Crippen molar-refractivity contribution in [2.45, 2.75) is 17.3 Å². The van der Waals surface area contributed by atoms with Crippen LogP contribution in [0.15, 0.2) is 70.3 Å². The molecule has 25 heavy (non-hydrogen) atoms. The summed E-state index contributed by atoms with van der Waals surface area (Å²) in [6.45, 7) is -0.359. The Morgan fingerprint density at radius 3 is 1.76 bits per heavy atom. The van der Waals surface area contributed by atoms with Gasteiger partial charge in [0.15, 0.2) is 0 Å². The standard InChI is InChI=1S/C18H15F2NO2S2/c19-16-8-3-1-6-14(16)12-21(13-15-7-2-4-9-17(15)20)25(22,23)18-10-5-11-24-18/h1-11H,12-13H2. The highest BCUT2D eigenvalue weighted by Gasteiger charge is 2.27. The molecule has 0 radical (unpaired) electrons. The minimum absolute atomic E-state index is 0.139. The molecule has 0 spiro atoms. The Bertz CT molecular complexity index is 909. The van der Waals surface area contributed by atoms with Crippen LogP contribution in [0.4, 0.5) is 8.78 Å². The SMILES string of the molecule is O=S(=O)(c1cccs1)N(Cc1ccccc1F)Cc1ccccc1F. The number of rotatable bonds is 6. The molecule has 130 valence electrons. The van der Waals surface area contributed by atoms with Gasteiger partial charge in [-0.3, -0.25) is 0 Å². The summed E-state index contributed by atoms with van der Waals surface area (Å²) >= 11 is 1.07. The van der Waals surface area contributed by atoms with E-state index in [1.807, 2.05) is 0 Å². The van der Waals surface area contributed by atoms with Crippen LogP contribution in [0.2, 0.25) is 0 Å². The summed E-state index contributed by atoms with van der Waals surface area (Å²) in [5.74, 6) is -0.996. The van der Waals surface area contributed by atoms with E-state index in [1.54, 1.807) is 23.6 Å². The fraction of sp³-hybridized carbons (Fsp3) is 0.111. The number of hydrogen-bond acceptors (Lipinski definition) is 3. The molecule has 0 bridgehead atoms. The van der Waals surface area contributed by atoms with Crippen molar-refractivity contribution in [2.75, 3.05) is 0 Å². The maximum Gasteiger partial charge on any atom is 0.253 e. The van der Waals surface area contributed by atoms with Crippen LogP contribution in [-0.2, 0) is 23.1 Å². The smallest absolute Gasteiger partial charge is 0.207 e. The quantitative estimate of drug-likeness (QED) is 0.636. The zero-order valence-electron chi connectivity index (χ0n) is 13.1. The molecule has 3 nitrogen and oxygen atoms in total. The first kappa shape index (κ1) is 17.7. The third-order valence-corrected chi connectivity index (χ3v) is 6.86. The van der Waals surface area contributed by atoms with Gasteiger partial charge in [-0.15, -0.1) is 11.3 Å². The molecule has 0 N–H and O–H groups in total. The normalized spacial score (nSPS) is 11.8. The van der Waals surface area contributed by atoms with Gasteiger partial charge in [-0.05, 0) is 23.6 Å². The molecule has 3 aromatic rings. The van der Waals surface area contributed by atoms with E-state index >= 15 is 0 Å². The minimum Gasteiger partial charge on any atom is -0.207 e. The Morgan fingerprint density at radius 1 is 0.800 bits per heavy atom. The van der Waals surface area contributed by atoms with Crippen LogP contribution >= 0.6 is 11.3 Å². The summed E-state index contributed by atoms with van der Waals surface area (Å²) in [5, 5.41) is 1.65. The fourth-order valence-electron chi connectivity index (χ4n) is 2.40. The lowest BCUT2D eigenvalue weighted by Crippen LogP contribution is -2.30. The summed E-state index contributed by atoms with van der Waals surface area (Å²) in [4.78, 5) is 0. The van der Waals surface area contributed by atoms with Gasteiger partial charge < -0.3 is 0 Å².